The average Bonchev–Trinajstić information content (AvgIpc) is 2.35. The van der Waals surface area contributed by atoms with Crippen LogP contribution in [0.4, 0.5) is 5.69 Å². The van der Waals surface area contributed by atoms with E-state index in [4.69, 9.17) is 15.6 Å². The van der Waals surface area contributed by atoms with E-state index >= 15 is 0 Å². The third-order valence-corrected chi connectivity index (χ3v) is 2.54. The number of hydrogen-bond acceptors (Lipinski definition) is 5. The molecule has 0 saturated carbocycles. The number of nitrogen functional groups attached to an aromatic ring is 1. The van der Waals surface area contributed by atoms with Crippen LogP contribution in [-0.2, 0) is 4.79 Å². The highest BCUT2D eigenvalue weighted by molar-refractivity contribution is 6.01. The van der Waals surface area contributed by atoms with Gasteiger partial charge >= 0.3 is 5.97 Å². The maximum Gasteiger partial charge on any atom is 0.328 e. The zero-order chi connectivity index (χ0) is 14.6. The molecule has 0 aromatic heterocycles. The van der Waals surface area contributed by atoms with E-state index in [1.807, 2.05) is 0 Å². The number of aliphatic hydroxyl groups excluding tert-OH is 1. The molecule has 0 heterocycles. The Morgan fingerprint density at radius 3 is 2.53 bits per heavy atom. The molecule has 0 saturated heterocycles. The van der Waals surface area contributed by atoms with Crippen LogP contribution in [0.2, 0.25) is 0 Å². The Labute approximate surface area is 110 Å². The third kappa shape index (κ3) is 3.59. The Kier molecular flexibility index (Phi) is 4.71. The maximum absolute atomic E-state index is 11.9. The molecule has 1 rings (SSSR count). The first kappa shape index (κ1) is 14.8. The van der Waals surface area contributed by atoms with Crippen LogP contribution >= 0.6 is 0 Å². The van der Waals surface area contributed by atoms with Crippen molar-refractivity contribution >= 4 is 17.6 Å². The van der Waals surface area contributed by atoms with Gasteiger partial charge in [-0.25, -0.2) is 4.79 Å². The molecule has 0 unspecified atom stereocenters. The molecule has 7 nitrogen and oxygen atoms in total. The normalized spacial score (nSPS) is 13.4. The number of ether oxygens (including phenoxy) is 1. The zero-order valence-electron chi connectivity index (χ0n) is 10.6. The second-order valence-corrected chi connectivity index (χ2v) is 3.98. The lowest BCUT2D eigenvalue weighted by Gasteiger charge is -2.17. The number of aliphatic hydroxyl groups is 1. The van der Waals surface area contributed by atoms with Crippen LogP contribution < -0.4 is 15.8 Å². The Morgan fingerprint density at radius 2 is 2.05 bits per heavy atom. The van der Waals surface area contributed by atoms with Crippen LogP contribution in [0.25, 0.3) is 0 Å². The van der Waals surface area contributed by atoms with Crippen molar-refractivity contribution < 1.29 is 24.5 Å². The molecule has 0 radical (unpaired) electrons. The molecule has 19 heavy (non-hydrogen) atoms. The smallest absolute Gasteiger partial charge is 0.328 e. The molecular weight excluding hydrogens is 252 g/mol. The predicted molar refractivity (Wildman–Crippen MR) is 68.0 cm³/mol. The lowest BCUT2D eigenvalue weighted by atomic mass is 10.1. The summed E-state index contributed by atoms with van der Waals surface area (Å²) in [6.07, 6.45) is -1.23. The quantitative estimate of drug-likeness (QED) is 0.550. The van der Waals surface area contributed by atoms with Gasteiger partial charge in [0.1, 0.15) is 5.75 Å². The molecule has 1 aromatic rings. The van der Waals surface area contributed by atoms with E-state index in [1.165, 1.54) is 26.2 Å². The van der Waals surface area contributed by atoms with E-state index in [2.05, 4.69) is 5.32 Å². The molecule has 0 bridgehead atoms. The van der Waals surface area contributed by atoms with Gasteiger partial charge in [-0.15, -0.1) is 0 Å². The number of methoxy groups -OCH3 is 1. The summed E-state index contributed by atoms with van der Waals surface area (Å²) in [4.78, 5) is 22.8. The van der Waals surface area contributed by atoms with Gasteiger partial charge in [0.25, 0.3) is 5.91 Å². The summed E-state index contributed by atoms with van der Waals surface area (Å²) in [7, 11) is 1.43. The topological polar surface area (TPSA) is 122 Å². The molecular formula is C12H16N2O5. The van der Waals surface area contributed by atoms with Gasteiger partial charge in [-0.05, 0) is 25.1 Å². The number of carbonyl (C=O) groups is 2. The van der Waals surface area contributed by atoms with E-state index in [-0.39, 0.29) is 11.3 Å². The number of aliphatic carboxylic acids is 1. The molecule has 0 fully saturated rings. The monoisotopic (exact) mass is 268 g/mol. The number of nitrogens with one attached hydrogen (secondary N) is 1. The van der Waals surface area contributed by atoms with Gasteiger partial charge in [-0.3, -0.25) is 4.79 Å². The van der Waals surface area contributed by atoms with Crippen LogP contribution in [0, 0.1) is 0 Å². The fourth-order valence-electron chi connectivity index (χ4n) is 1.47. The number of rotatable bonds is 5. The highest BCUT2D eigenvalue weighted by Crippen LogP contribution is 2.19. The Hall–Kier alpha value is -2.28. The molecule has 1 amide bonds. The Bertz CT molecular complexity index is 487. The van der Waals surface area contributed by atoms with Crippen molar-refractivity contribution in [3.8, 4) is 5.75 Å². The summed E-state index contributed by atoms with van der Waals surface area (Å²) in [5, 5.41) is 20.4. The Balaban J connectivity index is 2.97. The molecule has 5 N–H and O–H groups in total. The summed E-state index contributed by atoms with van der Waals surface area (Å²) >= 11 is 0. The molecule has 1 aromatic carbocycles. The second-order valence-electron chi connectivity index (χ2n) is 3.98. The fourth-order valence-corrected chi connectivity index (χ4v) is 1.47. The minimum Gasteiger partial charge on any atom is -0.497 e. The van der Waals surface area contributed by atoms with Crippen molar-refractivity contribution in [3.63, 3.8) is 0 Å². The SMILES string of the molecule is COc1ccc(N)c(C(=O)N[C@H](C(=O)O)[C@@H](C)O)c1. The van der Waals surface area contributed by atoms with Crippen molar-refractivity contribution in [2.75, 3.05) is 12.8 Å². The van der Waals surface area contributed by atoms with Gasteiger partial charge in [0.2, 0.25) is 0 Å². The molecule has 0 aliphatic heterocycles. The molecule has 0 spiro atoms. The van der Waals surface area contributed by atoms with Gasteiger partial charge in [0.15, 0.2) is 6.04 Å². The predicted octanol–water partition coefficient (Wildman–Crippen LogP) is -0.159. The first-order valence-corrected chi connectivity index (χ1v) is 5.52. The standard InChI is InChI=1S/C12H16N2O5/c1-6(15)10(12(17)18)14-11(16)8-5-7(19-2)3-4-9(8)13/h3-6,10,15H,13H2,1-2H3,(H,14,16)(H,17,18)/t6-,10+/m1/s1. The van der Waals surface area contributed by atoms with Crippen LogP contribution in [-0.4, -0.2) is 41.3 Å². The number of carboxylic acids is 1. The second kappa shape index (κ2) is 6.05. The van der Waals surface area contributed by atoms with Crippen molar-refractivity contribution in [1.29, 1.82) is 0 Å². The van der Waals surface area contributed by atoms with Gasteiger partial charge in [-0.1, -0.05) is 0 Å². The summed E-state index contributed by atoms with van der Waals surface area (Å²) in [6.45, 7) is 1.27. The van der Waals surface area contributed by atoms with Gasteiger partial charge < -0.3 is 26.0 Å². The van der Waals surface area contributed by atoms with Crippen molar-refractivity contribution in [1.82, 2.24) is 5.32 Å². The number of benzene rings is 1. The minimum absolute atomic E-state index is 0.0891. The average molecular weight is 268 g/mol. The lowest BCUT2D eigenvalue weighted by Crippen LogP contribution is -2.47. The molecule has 2 atom stereocenters. The third-order valence-electron chi connectivity index (χ3n) is 2.54. The fraction of sp³-hybridized carbons (Fsp3) is 0.333. The van der Waals surface area contributed by atoms with E-state index in [0.29, 0.717) is 5.75 Å². The van der Waals surface area contributed by atoms with Crippen LogP contribution in [0.3, 0.4) is 0 Å². The molecule has 0 aliphatic rings. The largest absolute Gasteiger partial charge is 0.497 e. The number of hydrogen-bond donors (Lipinski definition) is 4. The van der Waals surface area contributed by atoms with Gasteiger partial charge in [0.05, 0.1) is 18.8 Å². The van der Waals surface area contributed by atoms with Crippen molar-refractivity contribution in [2.45, 2.75) is 19.1 Å². The number of carboxylic acid groups (broad SMARTS) is 1. The first-order valence-electron chi connectivity index (χ1n) is 5.52. The van der Waals surface area contributed by atoms with E-state index in [0.717, 1.165) is 0 Å². The van der Waals surface area contributed by atoms with Gasteiger partial charge in [-0.2, -0.15) is 0 Å². The molecule has 0 aliphatic carbocycles. The number of anilines is 1. The first-order chi connectivity index (χ1) is 8.86. The maximum atomic E-state index is 11.9. The summed E-state index contributed by atoms with van der Waals surface area (Å²) in [5.74, 6) is -1.60. The lowest BCUT2D eigenvalue weighted by molar-refractivity contribution is -0.141. The molecule has 7 heteroatoms. The number of carbonyl (C=O) groups excluding carboxylic acids is 1. The van der Waals surface area contributed by atoms with Crippen LogP contribution in [0.15, 0.2) is 18.2 Å². The van der Waals surface area contributed by atoms with Crippen molar-refractivity contribution in [3.05, 3.63) is 23.8 Å². The minimum atomic E-state index is -1.40. The number of amides is 1. The molecule has 104 valence electrons. The highest BCUT2D eigenvalue weighted by Gasteiger charge is 2.26. The summed E-state index contributed by atoms with van der Waals surface area (Å²) in [6, 6.07) is 3.05. The Morgan fingerprint density at radius 1 is 1.42 bits per heavy atom. The van der Waals surface area contributed by atoms with E-state index in [1.54, 1.807) is 6.07 Å². The summed E-state index contributed by atoms with van der Waals surface area (Å²) < 4.78 is 4.96. The highest BCUT2D eigenvalue weighted by atomic mass is 16.5. The number of nitrogens with two attached hydrogens (primary N) is 1. The van der Waals surface area contributed by atoms with Gasteiger partial charge in [0, 0.05) is 5.69 Å². The van der Waals surface area contributed by atoms with Crippen LogP contribution in [0.5, 0.6) is 5.75 Å². The van der Waals surface area contributed by atoms with Crippen LogP contribution in [0.1, 0.15) is 17.3 Å². The summed E-state index contributed by atoms with van der Waals surface area (Å²) in [5.41, 5.74) is 5.92. The van der Waals surface area contributed by atoms with E-state index < -0.39 is 24.0 Å². The zero-order valence-corrected chi connectivity index (χ0v) is 10.6. The van der Waals surface area contributed by atoms with E-state index in [9.17, 15) is 14.7 Å². The van der Waals surface area contributed by atoms with Crippen molar-refractivity contribution in [2.24, 2.45) is 0 Å².